The van der Waals surface area contributed by atoms with E-state index in [-0.39, 0.29) is 5.91 Å². The van der Waals surface area contributed by atoms with Crippen molar-refractivity contribution in [3.05, 3.63) is 47.5 Å². The van der Waals surface area contributed by atoms with Crippen LogP contribution in [0.2, 0.25) is 0 Å². The van der Waals surface area contributed by atoms with Crippen LogP contribution < -0.4 is 16.6 Å². The van der Waals surface area contributed by atoms with E-state index < -0.39 is 0 Å². The number of nitrogens with zero attached hydrogens (tertiary/aromatic N) is 2. The van der Waals surface area contributed by atoms with Crippen molar-refractivity contribution in [3.8, 4) is 0 Å². The van der Waals surface area contributed by atoms with Crippen LogP contribution in [0.5, 0.6) is 0 Å². The van der Waals surface area contributed by atoms with Crippen LogP contribution in [0.15, 0.2) is 30.6 Å². The Kier molecular flexibility index (Phi) is 3.72. The second kappa shape index (κ2) is 5.45. The van der Waals surface area contributed by atoms with E-state index in [1.165, 1.54) is 6.20 Å². The molecule has 2 aromatic heterocycles. The molecule has 2 rings (SSSR count). The quantitative estimate of drug-likeness (QED) is 0.574. The average molecular weight is 257 g/mol. The van der Waals surface area contributed by atoms with Gasteiger partial charge < -0.3 is 10.7 Å². The number of nitrogen functional groups attached to an aromatic ring is 1. The Morgan fingerprint density at radius 3 is 2.53 bits per heavy atom. The molecule has 0 fully saturated rings. The van der Waals surface area contributed by atoms with Crippen LogP contribution in [0.3, 0.4) is 0 Å². The summed E-state index contributed by atoms with van der Waals surface area (Å²) in [5.74, 6) is 5.11. The highest BCUT2D eigenvalue weighted by Crippen LogP contribution is 2.16. The van der Waals surface area contributed by atoms with E-state index in [1.54, 1.807) is 18.3 Å². The van der Waals surface area contributed by atoms with Crippen LogP contribution >= 0.6 is 0 Å². The molecule has 0 bridgehead atoms. The monoisotopic (exact) mass is 257 g/mol. The van der Waals surface area contributed by atoms with E-state index in [0.29, 0.717) is 16.9 Å². The predicted molar refractivity (Wildman–Crippen MR) is 73.7 cm³/mol. The standard InChI is InChI=1S/C13H15N5O/c1-8-3-4-10(6-15-8)17-13(19)11-7-16-9(2)5-12(11)18-14/h3-7H,14H2,1-2H3,(H,16,18)(H,17,19). The molecule has 19 heavy (non-hydrogen) atoms. The van der Waals surface area contributed by atoms with Gasteiger partial charge in [0.1, 0.15) is 0 Å². The van der Waals surface area contributed by atoms with Crippen molar-refractivity contribution in [2.45, 2.75) is 13.8 Å². The topological polar surface area (TPSA) is 92.9 Å². The Hall–Kier alpha value is -2.47. The molecular formula is C13H15N5O. The van der Waals surface area contributed by atoms with Gasteiger partial charge >= 0.3 is 0 Å². The van der Waals surface area contributed by atoms with Crippen LogP contribution in [-0.4, -0.2) is 15.9 Å². The van der Waals surface area contributed by atoms with Gasteiger partial charge in [-0.25, -0.2) is 0 Å². The zero-order valence-electron chi connectivity index (χ0n) is 10.8. The highest BCUT2D eigenvalue weighted by Gasteiger charge is 2.12. The molecule has 0 aliphatic heterocycles. The number of amides is 1. The van der Waals surface area contributed by atoms with Crippen molar-refractivity contribution < 1.29 is 4.79 Å². The fourth-order valence-corrected chi connectivity index (χ4v) is 1.60. The highest BCUT2D eigenvalue weighted by atomic mass is 16.1. The number of carbonyl (C=O) groups is 1. The summed E-state index contributed by atoms with van der Waals surface area (Å²) in [5, 5.41) is 2.74. The molecule has 0 aliphatic carbocycles. The molecule has 6 heteroatoms. The van der Waals surface area contributed by atoms with Crippen LogP contribution in [0.25, 0.3) is 0 Å². The number of aromatic nitrogens is 2. The summed E-state index contributed by atoms with van der Waals surface area (Å²) >= 11 is 0. The molecule has 0 saturated carbocycles. The lowest BCUT2D eigenvalue weighted by Crippen LogP contribution is -2.18. The lowest BCUT2D eigenvalue weighted by atomic mass is 10.2. The average Bonchev–Trinajstić information content (AvgIpc) is 2.41. The van der Waals surface area contributed by atoms with E-state index in [9.17, 15) is 4.79 Å². The first-order valence-corrected chi connectivity index (χ1v) is 5.77. The number of pyridine rings is 2. The van der Waals surface area contributed by atoms with Crippen molar-refractivity contribution in [3.63, 3.8) is 0 Å². The predicted octanol–water partition coefficient (Wildman–Crippen LogP) is 1.63. The van der Waals surface area contributed by atoms with Crippen LogP contribution in [-0.2, 0) is 0 Å². The van der Waals surface area contributed by atoms with Gasteiger partial charge in [0.25, 0.3) is 5.91 Å². The first-order chi connectivity index (χ1) is 9.10. The Bertz CT molecular complexity index is 594. The van der Waals surface area contributed by atoms with Crippen LogP contribution in [0, 0.1) is 13.8 Å². The number of nitrogens with two attached hydrogens (primary N) is 1. The van der Waals surface area contributed by atoms with Gasteiger partial charge in [-0.05, 0) is 32.0 Å². The zero-order valence-corrected chi connectivity index (χ0v) is 10.8. The summed E-state index contributed by atoms with van der Waals surface area (Å²) in [5.41, 5.74) is 5.70. The number of hydrogen-bond donors (Lipinski definition) is 3. The summed E-state index contributed by atoms with van der Waals surface area (Å²) in [4.78, 5) is 20.3. The maximum Gasteiger partial charge on any atom is 0.259 e. The molecule has 0 radical (unpaired) electrons. The maximum absolute atomic E-state index is 12.1. The minimum absolute atomic E-state index is 0.286. The molecule has 0 atom stereocenters. The van der Waals surface area contributed by atoms with Gasteiger partial charge in [0.2, 0.25) is 0 Å². The minimum atomic E-state index is -0.286. The normalized spacial score (nSPS) is 10.1. The molecule has 0 spiro atoms. The molecule has 98 valence electrons. The van der Waals surface area contributed by atoms with Gasteiger partial charge in [-0.1, -0.05) is 0 Å². The van der Waals surface area contributed by atoms with E-state index in [4.69, 9.17) is 5.84 Å². The van der Waals surface area contributed by atoms with Gasteiger partial charge in [-0.3, -0.25) is 20.6 Å². The third-order valence-corrected chi connectivity index (χ3v) is 2.61. The molecule has 0 aromatic carbocycles. The van der Waals surface area contributed by atoms with Gasteiger partial charge in [-0.2, -0.15) is 0 Å². The summed E-state index contributed by atoms with van der Waals surface area (Å²) in [6, 6.07) is 5.32. The van der Waals surface area contributed by atoms with Crippen molar-refractivity contribution in [1.29, 1.82) is 0 Å². The van der Waals surface area contributed by atoms with Gasteiger partial charge in [0.15, 0.2) is 0 Å². The van der Waals surface area contributed by atoms with Crippen LogP contribution in [0.1, 0.15) is 21.7 Å². The summed E-state index contributed by atoms with van der Waals surface area (Å²) in [6.45, 7) is 3.71. The first kappa shape index (κ1) is 13.0. The van der Waals surface area contributed by atoms with E-state index in [1.807, 2.05) is 19.9 Å². The number of hydrazine groups is 1. The molecular weight excluding hydrogens is 242 g/mol. The molecule has 2 aromatic rings. The Labute approximate surface area is 111 Å². The van der Waals surface area contributed by atoms with Gasteiger partial charge in [-0.15, -0.1) is 0 Å². The second-order valence-electron chi connectivity index (χ2n) is 4.16. The fraction of sp³-hybridized carbons (Fsp3) is 0.154. The summed E-state index contributed by atoms with van der Waals surface area (Å²) < 4.78 is 0. The van der Waals surface area contributed by atoms with E-state index >= 15 is 0 Å². The van der Waals surface area contributed by atoms with Crippen molar-refractivity contribution in [2.24, 2.45) is 5.84 Å². The largest absolute Gasteiger partial charge is 0.323 e. The molecule has 0 unspecified atom stereocenters. The fourth-order valence-electron chi connectivity index (χ4n) is 1.60. The Balaban J connectivity index is 2.22. The smallest absolute Gasteiger partial charge is 0.259 e. The molecule has 2 heterocycles. The first-order valence-electron chi connectivity index (χ1n) is 5.77. The van der Waals surface area contributed by atoms with Crippen molar-refractivity contribution >= 4 is 17.3 Å². The number of carbonyl (C=O) groups excluding carboxylic acids is 1. The molecule has 4 N–H and O–H groups in total. The summed E-state index contributed by atoms with van der Waals surface area (Å²) in [7, 11) is 0. The molecule has 0 saturated heterocycles. The van der Waals surface area contributed by atoms with Crippen LogP contribution in [0.4, 0.5) is 11.4 Å². The number of hydrogen-bond acceptors (Lipinski definition) is 5. The number of rotatable bonds is 3. The Morgan fingerprint density at radius 2 is 1.89 bits per heavy atom. The lowest BCUT2D eigenvalue weighted by molar-refractivity contribution is 0.102. The van der Waals surface area contributed by atoms with Gasteiger partial charge in [0.05, 0.1) is 23.1 Å². The maximum atomic E-state index is 12.1. The van der Waals surface area contributed by atoms with Gasteiger partial charge in [0, 0.05) is 17.6 Å². The Morgan fingerprint density at radius 1 is 1.16 bits per heavy atom. The van der Waals surface area contributed by atoms with Crippen molar-refractivity contribution in [1.82, 2.24) is 9.97 Å². The van der Waals surface area contributed by atoms with E-state index in [0.717, 1.165) is 11.4 Å². The summed E-state index contributed by atoms with van der Waals surface area (Å²) in [6.07, 6.45) is 3.09. The molecule has 6 nitrogen and oxygen atoms in total. The lowest BCUT2D eigenvalue weighted by Gasteiger charge is -2.09. The van der Waals surface area contributed by atoms with Crippen molar-refractivity contribution in [2.75, 3.05) is 10.7 Å². The molecule has 0 aliphatic rings. The third kappa shape index (κ3) is 3.05. The SMILES string of the molecule is Cc1ccc(NC(=O)c2cnc(C)cc2NN)cn1. The van der Waals surface area contributed by atoms with E-state index in [2.05, 4.69) is 20.7 Å². The number of nitrogens with one attached hydrogen (secondary N) is 2. The third-order valence-electron chi connectivity index (χ3n) is 2.61. The number of aryl methyl sites for hydroxylation is 2. The molecule has 1 amide bonds. The number of anilines is 2. The second-order valence-corrected chi connectivity index (χ2v) is 4.16. The zero-order chi connectivity index (χ0) is 13.8. The highest BCUT2D eigenvalue weighted by molar-refractivity contribution is 6.07. The minimum Gasteiger partial charge on any atom is -0.323 e.